The second-order valence-electron chi connectivity index (χ2n) is 4.84. The van der Waals surface area contributed by atoms with Gasteiger partial charge >= 0.3 is 0 Å². The summed E-state index contributed by atoms with van der Waals surface area (Å²) in [6.07, 6.45) is 4.95. The number of likely N-dealkylation sites (N-methyl/N-ethyl adjacent to an activating group) is 1. The predicted molar refractivity (Wildman–Crippen MR) is 75.0 cm³/mol. The monoisotopic (exact) mass is 271 g/mol. The van der Waals surface area contributed by atoms with Gasteiger partial charge in [-0.1, -0.05) is 49.0 Å². The molecule has 3 heteroatoms. The van der Waals surface area contributed by atoms with Crippen molar-refractivity contribution in [3.63, 3.8) is 0 Å². The number of nitrogens with one attached hydrogen (secondary N) is 1. The van der Waals surface area contributed by atoms with Gasteiger partial charge in [0.25, 0.3) is 0 Å². The van der Waals surface area contributed by atoms with Crippen LogP contribution in [-0.2, 0) is 6.42 Å². The Labute approximate surface area is 114 Å². The average Bonchev–Trinajstić information content (AvgIpc) is 3.08. The standard InChI is InChI=1S/C14H19Cl2N/c1-2-17-11(8-10-6-7-10)9-12-13(15)4-3-5-14(12)16/h3-5,10-11,17H,2,6-9H2,1H3. The molecular formula is C14H19Cl2N. The molecule has 0 radical (unpaired) electrons. The molecule has 0 aliphatic heterocycles. The molecule has 2 rings (SSSR count). The summed E-state index contributed by atoms with van der Waals surface area (Å²) in [6.45, 7) is 3.15. The molecule has 0 aromatic heterocycles. The molecule has 0 spiro atoms. The van der Waals surface area contributed by atoms with Crippen LogP contribution in [0.5, 0.6) is 0 Å². The van der Waals surface area contributed by atoms with Gasteiger partial charge in [0.1, 0.15) is 0 Å². The Balaban J connectivity index is 2.04. The van der Waals surface area contributed by atoms with Crippen LogP contribution in [0.2, 0.25) is 10.0 Å². The lowest BCUT2D eigenvalue weighted by Gasteiger charge is -2.19. The summed E-state index contributed by atoms with van der Waals surface area (Å²) in [5.41, 5.74) is 1.09. The van der Waals surface area contributed by atoms with Crippen molar-refractivity contribution < 1.29 is 0 Å². The molecule has 0 heterocycles. The maximum Gasteiger partial charge on any atom is 0.0453 e. The lowest BCUT2D eigenvalue weighted by molar-refractivity contribution is 0.466. The maximum atomic E-state index is 6.21. The van der Waals surface area contributed by atoms with Crippen molar-refractivity contribution in [1.82, 2.24) is 5.32 Å². The SMILES string of the molecule is CCNC(Cc1c(Cl)cccc1Cl)CC1CC1. The fraction of sp³-hybridized carbons (Fsp3) is 0.571. The lowest BCUT2D eigenvalue weighted by Crippen LogP contribution is -2.31. The first-order chi connectivity index (χ1) is 8.20. The minimum absolute atomic E-state index is 0.505. The molecule has 1 N–H and O–H groups in total. The highest BCUT2D eigenvalue weighted by molar-refractivity contribution is 6.35. The van der Waals surface area contributed by atoms with Gasteiger partial charge in [-0.2, -0.15) is 0 Å². The minimum Gasteiger partial charge on any atom is -0.314 e. The maximum absolute atomic E-state index is 6.21. The van der Waals surface area contributed by atoms with Crippen LogP contribution in [0.4, 0.5) is 0 Å². The first kappa shape index (κ1) is 13.2. The second kappa shape index (κ2) is 6.08. The van der Waals surface area contributed by atoms with Crippen molar-refractivity contribution in [3.8, 4) is 0 Å². The molecule has 0 saturated heterocycles. The third-order valence-corrected chi connectivity index (χ3v) is 4.03. The van der Waals surface area contributed by atoms with Gasteiger partial charge in [-0.05, 0) is 43.0 Å². The number of halogens is 2. The molecule has 0 amide bonds. The minimum atomic E-state index is 0.505. The molecule has 1 aliphatic carbocycles. The molecule has 1 fully saturated rings. The van der Waals surface area contributed by atoms with Crippen LogP contribution >= 0.6 is 23.2 Å². The Kier molecular flexibility index (Phi) is 4.72. The molecular weight excluding hydrogens is 253 g/mol. The van der Waals surface area contributed by atoms with E-state index in [2.05, 4.69) is 12.2 Å². The van der Waals surface area contributed by atoms with Gasteiger partial charge in [0.2, 0.25) is 0 Å². The van der Waals surface area contributed by atoms with Crippen LogP contribution in [0.1, 0.15) is 31.7 Å². The molecule has 1 nitrogen and oxygen atoms in total. The van der Waals surface area contributed by atoms with Gasteiger partial charge in [-0.3, -0.25) is 0 Å². The predicted octanol–water partition coefficient (Wildman–Crippen LogP) is 4.31. The summed E-state index contributed by atoms with van der Waals surface area (Å²) in [4.78, 5) is 0. The molecule has 1 aromatic rings. The van der Waals surface area contributed by atoms with Crippen molar-refractivity contribution >= 4 is 23.2 Å². The van der Waals surface area contributed by atoms with E-state index >= 15 is 0 Å². The molecule has 0 bridgehead atoms. The lowest BCUT2D eigenvalue weighted by atomic mass is 10.0. The van der Waals surface area contributed by atoms with Crippen LogP contribution in [0.15, 0.2) is 18.2 Å². The highest BCUT2D eigenvalue weighted by Crippen LogP contribution is 2.35. The van der Waals surface area contributed by atoms with E-state index in [0.29, 0.717) is 6.04 Å². The number of hydrogen-bond donors (Lipinski definition) is 1. The molecule has 1 unspecified atom stereocenters. The van der Waals surface area contributed by atoms with Gasteiger partial charge in [0, 0.05) is 16.1 Å². The third kappa shape index (κ3) is 3.87. The normalized spacial score (nSPS) is 17.1. The van der Waals surface area contributed by atoms with Gasteiger partial charge in [0.05, 0.1) is 0 Å². The molecule has 17 heavy (non-hydrogen) atoms. The van der Waals surface area contributed by atoms with Crippen LogP contribution in [0.25, 0.3) is 0 Å². The number of benzene rings is 1. The van der Waals surface area contributed by atoms with E-state index in [1.807, 2.05) is 18.2 Å². The summed E-state index contributed by atoms with van der Waals surface area (Å²) in [5, 5.41) is 5.12. The topological polar surface area (TPSA) is 12.0 Å². The van der Waals surface area contributed by atoms with Crippen molar-refractivity contribution in [2.24, 2.45) is 5.92 Å². The highest BCUT2D eigenvalue weighted by atomic mass is 35.5. The first-order valence-corrected chi connectivity index (χ1v) is 7.12. The Bertz CT molecular complexity index is 354. The zero-order valence-electron chi connectivity index (χ0n) is 10.2. The average molecular weight is 272 g/mol. The summed E-state index contributed by atoms with van der Waals surface area (Å²) in [5.74, 6) is 0.917. The van der Waals surface area contributed by atoms with Crippen LogP contribution in [0.3, 0.4) is 0 Å². The molecule has 1 aromatic carbocycles. The van der Waals surface area contributed by atoms with E-state index < -0.39 is 0 Å². The Hall–Kier alpha value is -0.240. The molecule has 94 valence electrons. The van der Waals surface area contributed by atoms with Crippen molar-refractivity contribution in [3.05, 3.63) is 33.8 Å². The van der Waals surface area contributed by atoms with Gasteiger partial charge < -0.3 is 5.32 Å². The van der Waals surface area contributed by atoms with E-state index in [-0.39, 0.29) is 0 Å². The van der Waals surface area contributed by atoms with E-state index in [9.17, 15) is 0 Å². The highest BCUT2D eigenvalue weighted by Gasteiger charge is 2.25. The molecule has 1 atom stereocenters. The summed E-state index contributed by atoms with van der Waals surface area (Å²) in [7, 11) is 0. The number of hydrogen-bond acceptors (Lipinski definition) is 1. The summed E-state index contributed by atoms with van der Waals surface area (Å²) < 4.78 is 0. The fourth-order valence-electron chi connectivity index (χ4n) is 2.26. The second-order valence-corrected chi connectivity index (χ2v) is 5.65. The van der Waals surface area contributed by atoms with Crippen molar-refractivity contribution in [1.29, 1.82) is 0 Å². The van der Waals surface area contributed by atoms with Crippen LogP contribution in [-0.4, -0.2) is 12.6 Å². The third-order valence-electron chi connectivity index (χ3n) is 3.32. The van der Waals surface area contributed by atoms with Crippen molar-refractivity contribution in [2.45, 2.75) is 38.6 Å². The van der Waals surface area contributed by atoms with Gasteiger partial charge in [-0.15, -0.1) is 0 Å². The van der Waals surface area contributed by atoms with E-state index in [0.717, 1.165) is 34.5 Å². The fourth-order valence-corrected chi connectivity index (χ4v) is 2.81. The Morgan fingerprint density at radius 1 is 1.29 bits per heavy atom. The smallest absolute Gasteiger partial charge is 0.0453 e. The van der Waals surface area contributed by atoms with Crippen molar-refractivity contribution in [2.75, 3.05) is 6.54 Å². The summed E-state index contributed by atoms with van der Waals surface area (Å²) in [6, 6.07) is 6.24. The largest absolute Gasteiger partial charge is 0.314 e. The van der Waals surface area contributed by atoms with E-state index in [4.69, 9.17) is 23.2 Å². The van der Waals surface area contributed by atoms with Crippen LogP contribution < -0.4 is 5.32 Å². The molecule has 1 saturated carbocycles. The quantitative estimate of drug-likeness (QED) is 0.813. The van der Waals surface area contributed by atoms with Gasteiger partial charge in [0.15, 0.2) is 0 Å². The van der Waals surface area contributed by atoms with E-state index in [1.54, 1.807) is 0 Å². The van der Waals surface area contributed by atoms with E-state index in [1.165, 1.54) is 19.3 Å². The zero-order valence-corrected chi connectivity index (χ0v) is 11.7. The Morgan fingerprint density at radius 2 is 1.94 bits per heavy atom. The zero-order chi connectivity index (χ0) is 12.3. The Morgan fingerprint density at radius 3 is 2.47 bits per heavy atom. The van der Waals surface area contributed by atoms with Gasteiger partial charge in [-0.25, -0.2) is 0 Å². The van der Waals surface area contributed by atoms with Crippen LogP contribution in [0, 0.1) is 5.92 Å². The summed E-state index contributed by atoms with van der Waals surface area (Å²) >= 11 is 12.4. The number of rotatable bonds is 6. The first-order valence-electron chi connectivity index (χ1n) is 6.37. The molecule has 1 aliphatic rings.